The molecule has 0 aliphatic heterocycles. The van der Waals surface area contributed by atoms with Crippen LogP contribution in [0.3, 0.4) is 0 Å². The van der Waals surface area contributed by atoms with Gasteiger partial charge in [0.15, 0.2) is 0 Å². The number of amides is 1. The first-order chi connectivity index (χ1) is 10.7. The molecule has 1 unspecified atom stereocenters. The smallest absolute Gasteiger partial charge is 0.305 e. The second-order valence-corrected chi connectivity index (χ2v) is 7.03. The van der Waals surface area contributed by atoms with Gasteiger partial charge in [0.2, 0.25) is 10.0 Å². The molecular weight excluding hydrogens is 320 g/mol. The van der Waals surface area contributed by atoms with Crippen LogP contribution in [0.2, 0.25) is 0 Å². The first kappa shape index (κ1) is 19.1. The zero-order valence-electron chi connectivity index (χ0n) is 13.4. The third kappa shape index (κ3) is 5.04. The van der Waals surface area contributed by atoms with Crippen molar-refractivity contribution in [3.8, 4) is 0 Å². The highest BCUT2D eigenvalue weighted by Gasteiger charge is 2.22. The van der Waals surface area contributed by atoms with Crippen LogP contribution in [0.1, 0.15) is 37.6 Å². The summed E-state index contributed by atoms with van der Waals surface area (Å²) < 4.78 is 26.2. The van der Waals surface area contributed by atoms with E-state index in [1.54, 1.807) is 20.8 Å². The number of carbonyl (C=O) groups is 2. The highest BCUT2D eigenvalue weighted by atomic mass is 32.2. The molecule has 1 atom stereocenters. The SMILES string of the molecule is CCN(CC)S(=O)(=O)c1cccc(C(=O)NC(C)CC(=O)O)c1. The summed E-state index contributed by atoms with van der Waals surface area (Å²) in [6, 6.07) is 5.17. The molecule has 8 heteroatoms. The van der Waals surface area contributed by atoms with Gasteiger partial charge in [0.05, 0.1) is 11.3 Å². The van der Waals surface area contributed by atoms with Gasteiger partial charge in [-0.3, -0.25) is 9.59 Å². The fourth-order valence-electron chi connectivity index (χ4n) is 2.13. The van der Waals surface area contributed by atoms with Gasteiger partial charge in [0.1, 0.15) is 0 Å². The summed E-state index contributed by atoms with van der Waals surface area (Å²) in [7, 11) is -3.65. The maximum atomic E-state index is 12.5. The molecule has 1 aromatic carbocycles. The highest BCUT2D eigenvalue weighted by Crippen LogP contribution is 2.17. The Bertz CT molecular complexity index is 668. The Balaban J connectivity index is 3.01. The van der Waals surface area contributed by atoms with E-state index in [2.05, 4.69) is 5.32 Å². The van der Waals surface area contributed by atoms with Gasteiger partial charge in [-0.2, -0.15) is 4.31 Å². The summed E-state index contributed by atoms with van der Waals surface area (Å²) in [4.78, 5) is 22.8. The third-order valence-electron chi connectivity index (χ3n) is 3.30. The molecule has 0 aliphatic carbocycles. The predicted molar refractivity (Wildman–Crippen MR) is 85.7 cm³/mol. The Morgan fingerprint density at radius 1 is 1.26 bits per heavy atom. The number of sulfonamides is 1. The van der Waals surface area contributed by atoms with E-state index in [1.807, 2.05) is 0 Å². The van der Waals surface area contributed by atoms with Crippen LogP contribution in [0.15, 0.2) is 29.2 Å². The van der Waals surface area contributed by atoms with Crippen LogP contribution < -0.4 is 5.32 Å². The first-order valence-corrected chi connectivity index (χ1v) is 8.79. The topological polar surface area (TPSA) is 104 Å². The lowest BCUT2D eigenvalue weighted by molar-refractivity contribution is -0.137. The molecule has 1 aromatic rings. The summed E-state index contributed by atoms with van der Waals surface area (Å²) >= 11 is 0. The Hall–Kier alpha value is -1.93. The van der Waals surface area contributed by atoms with Crippen molar-refractivity contribution < 1.29 is 23.1 Å². The summed E-state index contributed by atoms with van der Waals surface area (Å²) in [5.41, 5.74) is 0.176. The number of carbonyl (C=O) groups excluding carboxylic acids is 1. The average molecular weight is 342 g/mol. The largest absolute Gasteiger partial charge is 0.481 e. The predicted octanol–water partition coefficient (Wildman–Crippen LogP) is 1.31. The van der Waals surface area contributed by atoms with Crippen molar-refractivity contribution in [2.45, 2.75) is 38.1 Å². The lowest BCUT2D eigenvalue weighted by atomic mass is 10.2. The van der Waals surface area contributed by atoms with Crippen molar-refractivity contribution in [2.24, 2.45) is 0 Å². The van der Waals surface area contributed by atoms with Crippen LogP contribution in [0.5, 0.6) is 0 Å². The number of carboxylic acid groups (broad SMARTS) is 1. The summed E-state index contributed by atoms with van der Waals surface area (Å²) in [6.07, 6.45) is -0.205. The van der Waals surface area contributed by atoms with Crippen molar-refractivity contribution in [1.82, 2.24) is 9.62 Å². The number of rotatable bonds is 8. The standard InChI is InChI=1S/C15H22N2O5S/c1-4-17(5-2)23(21,22)13-8-6-7-12(10-13)15(20)16-11(3)9-14(18)19/h6-8,10-11H,4-5,9H2,1-3H3,(H,16,20)(H,18,19). The molecule has 0 aromatic heterocycles. The van der Waals surface area contributed by atoms with Gasteiger partial charge < -0.3 is 10.4 Å². The molecule has 7 nitrogen and oxygen atoms in total. The quantitative estimate of drug-likeness (QED) is 0.741. The van der Waals surface area contributed by atoms with E-state index < -0.39 is 27.9 Å². The number of aliphatic carboxylic acids is 1. The number of benzene rings is 1. The van der Waals surface area contributed by atoms with E-state index in [0.717, 1.165) is 0 Å². The second-order valence-electron chi connectivity index (χ2n) is 5.09. The maximum absolute atomic E-state index is 12.5. The van der Waals surface area contributed by atoms with Crippen LogP contribution in [0.4, 0.5) is 0 Å². The number of carboxylic acids is 1. The number of nitrogens with zero attached hydrogens (tertiary/aromatic N) is 1. The van der Waals surface area contributed by atoms with E-state index in [9.17, 15) is 18.0 Å². The van der Waals surface area contributed by atoms with Crippen LogP contribution >= 0.6 is 0 Å². The number of hydrogen-bond donors (Lipinski definition) is 2. The minimum atomic E-state index is -3.65. The normalized spacial score (nSPS) is 12.9. The lowest BCUT2D eigenvalue weighted by Crippen LogP contribution is -2.34. The lowest BCUT2D eigenvalue weighted by Gasteiger charge is -2.19. The third-order valence-corrected chi connectivity index (χ3v) is 5.34. The first-order valence-electron chi connectivity index (χ1n) is 7.35. The average Bonchev–Trinajstić information content (AvgIpc) is 2.47. The van der Waals surface area contributed by atoms with Gasteiger partial charge in [-0.25, -0.2) is 8.42 Å². The fraction of sp³-hybridized carbons (Fsp3) is 0.467. The van der Waals surface area contributed by atoms with Gasteiger partial charge >= 0.3 is 5.97 Å². The van der Waals surface area contributed by atoms with Crippen LogP contribution in [0, 0.1) is 0 Å². The van der Waals surface area contributed by atoms with E-state index in [0.29, 0.717) is 13.1 Å². The highest BCUT2D eigenvalue weighted by molar-refractivity contribution is 7.89. The molecular formula is C15H22N2O5S. The molecule has 0 spiro atoms. The fourth-order valence-corrected chi connectivity index (χ4v) is 3.63. The van der Waals surface area contributed by atoms with Crippen LogP contribution in [-0.2, 0) is 14.8 Å². The molecule has 0 radical (unpaired) electrons. The van der Waals surface area contributed by atoms with Gasteiger partial charge in [-0.05, 0) is 25.1 Å². The van der Waals surface area contributed by atoms with Crippen molar-refractivity contribution >= 4 is 21.9 Å². The summed E-state index contributed by atoms with van der Waals surface area (Å²) in [5.74, 6) is -1.52. The molecule has 128 valence electrons. The molecule has 23 heavy (non-hydrogen) atoms. The minimum Gasteiger partial charge on any atom is -0.481 e. The van der Waals surface area contributed by atoms with Crippen LogP contribution in [0.25, 0.3) is 0 Å². The molecule has 2 N–H and O–H groups in total. The van der Waals surface area contributed by atoms with Gasteiger partial charge in [0, 0.05) is 24.7 Å². The van der Waals surface area contributed by atoms with E-state index in [4.69, 9.17) is 5.11 Å². The van der Waals surface area contributed by atoms with Gasteiger partial charge in [-0.1, -0.05) is 19.9 Å². The number of hydrogen-bond acceptors (Lipinski definition) is 4. The molecule has 0 saturated heterocycles. The minimum absolute atomic E-state index is 0.0414. The Morgan fingerprint density at radius 2 is 1.87 bits per heavy atom. The van der Waals surface area contributed by atoms with Gasteiger partial charge in [-0.15, -0.1) is 0 Å². The Kier molecular flexibility index (Phi) is 6.71. The van der Waals surface area contributed by atoms with E-state index >= 15 is 0 Å². The van der Waals surface area contributed by atoms with Crippen molar-refractivity contribution in [3.63, 3.8) is 0 Å². The Labute approximate surface area is 136 Å². The molecule has 0 bridgehead atoms. The molecule has 0 aliphatic rings. The summed E-state index contributed by atoms with van der Waals surface area (Å²) in [6.45, 7) is 5.73. The molecule has 0 heterocycles. The second kappa shape index (κ2) is 8.07. The molecule has 1 amide bonds. The van der Waals surface area contributed by atoms with Crippen molar-refractivity contribution in [2.75, 3.05) is 13.1 Å². The Morgan fingerprint density at radius 3 is 2.39 bits per heavy atom. The van der Waals surface area contributed by atoms with E-state index in [1.165, 1.54) is 28.6 Å². The number of nitrogens with one attached hydrogen (secondary N) is 1. The van der Waals surface area contributed by atoms with E-state index in [-0.39, 0.29) is 16.9 Å². The zero-order chi connectivity index (χ0) is 17.6. The zero-order valence-corrected chi connectivity index (χ0v) is 14.3. The summed E-state index contributed by atoms with van der Waals surface area (Å²) in [5, 5.41) is 11.2. The maximum Gasteiger partial charge on any atom is 0.305 e. The van der Waals surface area contributed by atoms with Crippen LogP contribution in [-0.4, -0.2) is 48.8 Å². The van der Waals surface area contributed by atoms with Crippen molar-refractivity contribution in [3.05, 3.63) is 29.8 Å². The monoisotopic (exact) mass is 342 g/mol. The van der Waals surface area contributed by atoms with Gasteiger partial charge in [0.25, 0.3) is 5.91 Å². The molecule has 0 saturated carbocycles. The van der Waals surface area contributed by atoms with Crippen molar-refractivity contribution in [1.29, 1.82) is 0 Å². The molecule has 0 fully saturated rings. The molecule has 1 rings (SSSR count).